The number of aliphatic carboxylic acids is 1. The van der Waals surface area contributed by atoms with Gasteiger partial charge in [0.2, 0.25) is 0 Å². The van der Waals surface area contributed by atoms with Crippen molar-refractivity contribution in [1.29, 1.82) is 0 Å². The Hall–Kier alpha value is -2.04. The highest BCUT2D eigenvalue weighted by molar-refractivity contribution is 5.85. The molecule has 0 aliphatic heterocycles. The molecule has 0 saturated carbocycles. The van der Waals surface area contributed by atoms with Gasteiger partial charge in [-0.2, -0.15) is 0 Å². The van der Waals surface area contributed by atoms with Crippen LogP contribution in [-0.2, 0) is 10.2 Å². The first-order valence-corrected chi connectivity index (χ1v) is 5.07. The minimum Gasteiger partial charge on any atom is -0.480 e. The lowest BCUT2D eigenvalue weighted by Gasteiger charge is -2.25. The molecular weight excluding hydrogens is 206 g/mol. The summed E-state index contributed by atoms with van der Waals surface area (Å²) in [5.74, 6) is -0.887. The first-order chi connectivity index (χ1) is 7.71. The number of H-pyrrole nitrogens is 2. The average molecular weight is 219 g/mol. The van der Waals surface area contributed by atoms with Crippen molar-refractivity contribution in [3.05, 3.63) is 42.2 Å². The fourth-order valence-electron chi connectivity index (χ4n) is 2.00. The van der Waals surface area contributed by atoms with Crippen LogP contribution in [0.4, 0.5) is 0 Å². The van der Waals surface area contributed by atoms with Crippen LogP contribution in [0.2, 0.25) is 0 Å². The van der Waals surface area contributed by atoms with Crippen LogP contribution in [0, 0.1) is 0 Å². The Bertz CT molecular complexity index is 425. The molecule has 3 N–H and O–H groups in total. The Balaban J connectivity index is 2.61. The third-order valence-corrected chi connectivity index (χ3v) is 2.92. The molecule has 0 spiro atoms. The number of hydrogen-bond acceptors (Lipinski definition) is 2. The highest BCUT2D eigenvalue weighted by Crippen LogP contribution is 2.34. The van der Waals surface area contributed by atoms with Crippen molar-refractivity contribution in [2.75, 3.05) is 0 Å². The maximum atomic E-state index is 11.6. The second kappa shape index (κ2) is 3.84. The fraction of sp³-hybridized carbons (Fsp3) is 0.273. The number of carboxylic acids is 1. The number of carbonyl (C=O) groups is 1. The van der Waals surface area contributed by atoms with Gasteiger partial charge in [-0.05, 0) is 18.1 Å². The summed E-state index contributed by atoms with van der Waals surface area (Å²) in [5.41, 5.74) is 0.178. The molecule has 0 saturated heterocycles. The summed E-state index contributed by atoms with van der Waals surface area (Å²) >= 11 is 0. The van der Waals surface area contributed by atoms with E-state index in [4.69, 9.17) is 0 Å². The van der Waals surface area contributed by atoms with Gasteiger partial charge in [0.25, 0.3) is 0 Å². The van der Waals surface area contributed by atoms with E-state index in [1.165, 1.54) is 6.33 Å². The topological polar surface area (TPSA) is 81.8 Å². The molecule has 5 nitrogen and oxygen atoms in total. The molecule has 1 atom stereocenters. The summed E-state index contributed by atoms with van der Waals surface area (Å²) in [4.78, 5) is 21.4. The van der Waals surface area contributed by atoms with Crippen molar-refractivity contribution in [2.45, 2.75) is 18.8 Å². The average Bonchev–Trinajstić information content (AvgIpc) is 2.89. The monoisotopic (exact) mass is 219 g/mol. The number of nitrogens with one attached hydrogen (secondary N) is 2. The second-order valence-electron chi connectivity index (χ2n) is 3.62. The van der Waals surface area contributed by atoms with Gasteiger partial charge in [0.05, 0.1) is 12.0 Å². The number of carboxylic acid groups (broad SMARTS) is 1. The predicted molar refractivity (Wildman–Crippen MR) is 58.1 cm³/mol. The Morgan fingerprint density at radius 3 is 2.75 bits per heavy atom. The molecule has 2 aromatic rings. The Morgan fingerprint density at radius 1 is 1.50 bits per heavy atom. The molecule has 0 aliphatic rings. The van der Waals surface area contributed by atoms with Crippen LogP contribution >= 0.6 is 0 Å². The largest absolute Gasteiger partial charge is 0.480 e. The third-order valence-electron chi connectivity index (χ3n) is 2.92. The van der Waals surface area contributed by atoms with E-state index in [-0.39, 0.29) is 0 Å². The Labute approximate surface area is 92.5 Å². The van der Waals surface area contributed by atoms with E-state index in [2.05, 4.69) is 15.0 Å². The first-order valence-electron chi connectivity index (χ1n) is 5.07. The zero-order valence-electron chi connectivity index (χ0n) is 8.90. The summed E-state index contributed by atoms with van der Waals surface area (Å²) in [6, 6.07) is 1.77. The van der Waals surface area contributed by atoms with Crippen molar-refractivity contribution < 1.29 is 9.90 Å². The normalized spacial score (nSPS) is 14.6. The van der Waals surface area contributed by atoms with Crippen molar-refractivity contribution in [2.24, 2.45) is 0 Å². The summed E-state index contributed by atoms with van der Waals surface area (Å²) in [5, 5.41) is 9.50. The van der Waals surface area contributed by atoms with E-state index >= 15 is 0 Å². The number of imidazole rings is 1. The summed E-state index contributed by atoms with van der Waals surface area (Å²) in [6.07, 6.45) is 6.99. The van der Waals surface area contributed by atoms with Crippen LogP contribution in [0.15, 0.2) is 31.0 Å². The van der Waals surface area contributed by atoms with E-state index in [1.807, 2.05) is 6.92 Å². The zero-order valence-corrected chi connectivity index (χ0v) is 8.90. The number of hydrogen-bond donors (Lipinski definition) is 3. The molecule has 1 unspecified atom stereocenters. The standard InChI is InChI=1S/C11H13N3O2/c1-2-11(10(15)16,8-3-4-12-5-8)9-6-13-7-14-9/h3-7,12H,2H2,1H3,(H,13,14)(H,15,16). The van der Waals surface area contributed by atoms with Crippen LogP contribution in [-0.4, -0.2) is 26.0 Å². The molecule has 2 aromatic heterocycles. The molecule has 0 amide bonds. The van der Waals surface area contributed by atoms with Crippen molar-refractivity contribution in [1.82, 2.24) is 15.0 Å². The third kappa shape index (κ3) is 1.32. The highest BCUT2D eigenvalue weighted by Gasteiger charge is 2.42. The zero-order chi connectivity index (χ0) is 11.6. The number of aromatic nitrogens is 3. The lowest BCUT2D eigenvalue weighted by atomic mass is 9.77. The SMILES string of the molecule is CCC(C(=O)O)(c1cc[nH]c1)c1c[nH]cn1. The highest BCUT2D eigenvalue weighted by atomic mass is 16.4. The molecular formula is C11H13N3O2. The minimum atomic E-state index is -1.07. The smallest absolute Gasteiger partial charge is 0.320 e. The number of rotatable bonds is 4. The molecule has 5 heteroatoms. The molecule has 0 fully saturated rings. The van der Waals surface area contributed by atoms with Crippen LogP contribution in [0.1, 0.15) is 24.6 Å². The summed E-state index contributed by atoms with van der Waals surface area (Å²) in [7, 11) is 0. The molecule has 2 rings (SSSR count). The summed E-state index contributed by atoms with van der Waals surface area (Å²) < 4.78 is 0. The summed E-state index contributed by atoms with van der Waals surface area (Å²) in [6.45, 7) is 1.84. The van der Waals surface area contributed by atoms with Crippen molar-refractivity contribution in [3.8, 4) is 0 Å². The Morgan fingerprint density at radius 2 is 2.31 bits per heavy atom. The quantitative estimate of drug-likeness (QED) is 0.729. The Kier molecular flexibility index (Phi) is 2.52. The van der Waals surface area contributed by atoms with Gasteiger partial charge in [0.15, 0.2) is 0 Å². The van der Waals surface area contributed by atoms with Crippen molar-refractivity contribution >= 4 is 5.97 Å². The van der Waals surface area contributed by atoms with Crippen LogP contribution in [0.3, 0.4) is 0 Å². The van der Waals surface area contributed by atoms with E-state index in [1.54, 1.807) is 24.7 Å². The molecule has 16 heavy (non-hydrogen) atoms. The van der Waals surface area contributed by atoms with Crippen LogP contribution in [0.25, 0.3) is 0 Å². The lowest BCUT2D eigenvalue weighted by molar-refractivity contribution is -0.142. The maximum Gasteiger partial charge on any atom is 0.320 e. The van der Waals surface area contributed by atoms with Gasteiger partial charge in [-0.1, -0.05) is 6.92 Å². The van der Waals surface area contributed by atoms with E-state index < -0.39 is 11.4 Å². The van der Waals surface area contributed by atoms with Gasteiger partial charge in [0.1, 0.15) is 5.41 Å². The molecule has 0 aliphatic carbocycles. The molecule has 0 aromatic carbocycles. The fourth-order valence-corrected chi connectivity index (χ4v) is 2.00. The molecule has 84 valence electrons. The van der Waals surface area contributed by atoms with Gasteiger partial charge < -0.3 is 15.1 Å². The second-order valence-corrected chi connectivity index (χ2v) is 3.62. The predicted octanol–water partition coefficient (Wildman–Crippen LogP) is 1.52. The number of nitrogens with zero attached hydrogens (tertiary/aromatic N) is 1. The molecule has 2 heterocycles. The van der Waals surface area contributed by atoms with Gasteiger partial charge >= 0.3 is 5.97 Å². The van der Waals surface area contributed by atoms with E-state index in [0.29, 0.717) is 12.1 Å². The first kappa shape index (κ1) is 10.5. The van der Waals surface area contributed by atoms with Gasteiger partial charge in [-0.25, -0.2) is 4.98 Å². The maximum absolute atomic E-state index is 11.6. The van der Waals surface area contributed by atoms with Gasteiger partial charge in [-0.15, -0.1) is 0 Å². The molecule has 0 radical (unpaired) electrons. The number of aromatic amines is 2. The van der Waals surface area contributed by atoms with E-state index in [9.17, 15) is 9.90 Å². The minimum absolute atomic E-state index is 0.449. The van der Waals surface area contributed by atoms with Gasteiger partial charge in [0, 0.05) is 18.6 Å². The van der Waals surface area contributed by atoms with Crippen molar-refractivity contribution in [3.63, 3.8) is 0 Å². The van der Waals surface area contributed by atoms with E-state index in [0.717, 1.165) is 5.56 Å². The lowest BCUT2D eigenvalue weighted by Crippen LogP contribution is -2.36. The van der Waals surface area contributed by atoms with Gasteiger partial charge in [-0.3, -0.25) is 4.79 Å². The molecule has 0 bridgehead atoms. The van der Waals surface area contributed by atoms with Crippen LogP contribution < -0.4 is 0 Å². The van der Waals surface area contributed by atoms with Crippen LogP contribution in [0.5, 0.6) is 0 Å².